The van der Waals surface area contributed by atoms with Gasteiger partial charge in [0.05, 0.1) is 25.8 Å². The molecular formula is C23H25NO4. The normalized spacial score (nSPS) is 29.6. The zero-order valence-corrected chi connectivity index (χ0v) is 16.1. The van der Waals surface area contributed by atoms with Crippen LogP contribution in [0.2, 0.25) is 0 Å². The van der Waals surface area contributed by atoms with Gasteiger partial charge in [0.15, 0.2) is 11.5 Å². The van der Waals surface area contributed by atoms with Crippen LogP contribution in [0.1, 0.15) is 52.7 Å². The van der Waals surface area contributed by atoms with Crippen LogP contribution in [0.5, 0.6) is 11.5 Å². The third kappa shape index (κ3) is 2.42. The van der Waals surface area contributed by atoms with Gasteiger partial charge in [-0.15, -0.1) is 0 Å². The summed E-state index contributed by atoms with van der Waals surface area (Å²) in [5, 5.41) is 13.2. The van der Waals surface area contributed by atoms with Crippen LogP contribution in [-0.4, -0.2) is 25.3 Å². The van der Waals surface area contributed by atoms with Crippen molar-refractivity contribution in [2.45, 2.75) is 31.2 Å². The SMILES string of the molecule is COc1cccc([C@@H]2Nc3ccc(C(=O)O)cc3[C@H]3[C@@H]4CC[C@@H](C4)[C@H]32)c1OC. The Morgan fingerprint density at radius 3 is 2.64 bits per heavy atom. The number of fused-ring (bicyclic) bond motifs is 7. The summed E-state index contributed by atoms with van der Waals surface area (Å²) in [4.78, 5) is 11.5. The molecule has 1 aliphatic heterocycles. The first-order chi connectivity index (χ1) is 13.6. The maximum absolute atomic E-state index is 11.5. The summed E-state index contributed by atoms with van der Waals surface area (Å²) in [5.74, 6) is 2.80. The monoisotopic (exact) mass is 379 g/mol. The van der Waals surface area contributed by atoms with Crippen molar-refractivity contribution in [1.82, 2.24) is 0 Å². The van der Waals surface area contributed by atoms with Gasteiger partial charge in [0.1, 0.15) is 0 Å². The molecule has 0 aromatic heterocycles. The maximum Gasteiger partial charge on any atom is 0.335 e. The van der Waals surface area contributed by atoms with Crippen LogP contribution < -0.4 is 14.8 Å². The highest BCUT2D eigenvalue weighted by molar-refractivity contribution is 5.89. The molecule has 2 aromatic rings. The number of anilines is 1. The first-order valence-electron chi connectivity index (χ1n) is 9.97. The fourth-order valence-corrected chi connectivity index (χ4v) is 6.09. The van der Waals surface area contributed by atoms with E-state index in [2.05, 4.69) is 11.4 Å². The van der Waals surface area contributed by atoms with Crippen molar-refractivity contribution in [3.05, 3.63) is 53.1 Å². The number of ether oxygens (including phenoxy) is 2. The summed E-state index contributed by atoms with van der Waals surface area (Å²) >= 11 is 0. The molecule has 3 aliphatic rings. The standard InChI is InChI=1S/C23H25NO4/c1-27-18-5-3-4-15(22(18)28-2)21-20-13-7-6-12(10-13)19(20)16-11-14(23(25)26)8-9-17(16)24-21/h3-5,8-9,11-13,19-21,24H,6-7,10H2,1-2H3,(H,25,26)/t12-,13+,19-,20-,21+/m1/s1. The Kier molecular flexibility index (Phi) is 4.00. The lowest BCUT2D eigenvalue weighted by molar-refractivity contribution is 0.0696. The van der Waals surface area contributed by atoms with Crippen molar-refractivity contribution in [3.8, 4) is 11.5 Å². The molecular weight excluding hydrogens is 354 g/mol. The summed E-state index contributed by atoms with van der Waals surface area (Å²) in [5.41, 5.74) is 3.72. The lowest BCUT2D eigenvalue weighted by Crippen LogP contribution is -2.35. The van der Waals surface area contributed by atoms with Gasteiger partial charge in [0, 0.05) is 11.3 Å². The topological polar surface area (TPSA) is 67.8 Å². The van der Waals surface area contributed by atoms with Crippen LogP contribution in [0.4, 0.5) is 5.69 Å². The summed E-state index contributed by atoms with van der Waals surface area (Å²) in [7, 11) is 3.36. The number of aromatic carboxylic acids is 1. The van der Waals surface area contributed by atoms with Crippen LogP contribution in [0.3, 0.4) is 0 Å². The predicted octanol–water partition coefficient (Wildman–Crippen LogP) is 4.70. The number of benzene rings is 2. The molecule has 2 bridgehead atoms. The van der Waals surface area contributed by atoms with E-state index in [0.29, 0.717) is 29.2 Å². The Morgan fingerprint density at radius 1 is 1.07 bits per heavy atom. The molecule has 2 aliphatic carbocycles. The molecule has 5 atom stereocenters. The van der Waals surface area contributed by atoms with E-state index in [-0.39, 0.29) is 6.04 Å². The molecule has 0 saturated heterocycles. The van der Waals surface area contributed by atoms with Gasteiger partial charge >= 0.3 is 5.97 Å². The first-order valence-corrected chi connectivity index (χ1v) is 9.97. The van der Waals surface area contributed by atoms with Gasteiger partial charge in [-0.05, 0) is 72.8 Å². The van der Waals surface area contributed by atoms with Crippen molar-refractivity contribution in [1.29, 1.82) is 0 Å². The minimum Gasteiger partial charge on any atom is -0.493 e. The number of para-hydroxylation sites is 1. The first kappa shape index (κ1) is 17.4. The van der Waals surface area contributed by atoms with Gasteiger partial charge in [-0.1, -0.05) is 12.1 Å². The molecule has 0 radical (unpaired) electrons. The molecule has 2 aromatic carbocycles. The molecule has 2 saturated carbocycles. The Bertz CT molecular complexity index is 940. The molecule has 28 heavy (non-hydrogen) atoms. The molecule has 0 amide bonds. The van der Waals surface area contributed by atoms with Crippen LogP contribution in [0.25, 0.3) is 0 Å². The summed E-state index contributed by atoms with van der Waals surface area (Å²) in [6.45, 7) is 0. The van der Waals surface area contributed by atoms with E-state index in [0.717, 1.165) is 22.7 Å². The van der Waals surface area contributed by atoms with Crippen molar-refractivity contribution >= 4 is 11.7 Å². The fraction of sp³-hybridized carbons (Fsp3) is 0.435. The van der Waals surface area contributed by atoms with Gasteiger partial charge in [0.2, 0.25) is 0 Å². The zero-order chi connectivity index (χ0) is 19.4. The quantitative estimate of drug-likeness (QED) is 0.806. The van der Waals surface area contributed by atoms with E-state index in [4.69, 9.17) is 9.47 Å². The Hall–Kier alpha value is -2.69. The average Bonchev–Trinajstić information content (AvgIpc) is 3.34. The van der Waals surface area contributed by atoms with Crippen LogP contribution in [-0.2, 0) is 0 Å². The number of carboxylic acids is 1. The number of rotatable bonds is 4. The van der Waals surface area contributed by atoms with Crippen molar-refractivity contribution in [3.63, 3.8) is 0 Å². The van der Waals surface area contributed by atoms with E-state index in [1.165, 1.54) is 24.8 Å². The van der Waals surface area contributed by atoms with Gasteiger partial charge in [0.25, 0.3) is 0 Å². The van der Waals surface area contributed by atoms with E-state index in [9.17, 15) is 9.90 Å². The molecule has 5 heteroatoms. The molecule has 146 valence electrons. The van der Waals surface area contributed by atoms with E-state index >= 15 is 0 Å². The minimum atomic E-state index is -0.862. The molecule has 5 rings (SSSR count). The molecule has 0 unspecified atom stereocenters. The number of carbonyl (C=O) groups is 1. The van der Waals surface area contributed by atoms with Gasteiger partial charge in [-0.3, -0.25) is 0 Å². The van der Waals surface area contributed by atoms with E-state index in [1.54, 1.807) is 20.3 Å². The molecule has 0 spiro atoms. The minimum absolute atomic E-state index is 0.133. The second-order valence-electron chi connectivity index (χ2n) is 8.25. The fourth-order valence-electron chi connectivity index (χ4n) is 6.09. The zero-order valence-electron chi connectivity index (χ0n) is 16.1. The third-order valence-electron chi connectivity index (χ3n) is 7.10. The van der Waals surface area contributed by atoms with E-state index < -0.39 is 5.97 Å². The highest BCUT2D eigenvalue weighted by atomic mass is 16.5. The van der Waals surface area contributed by atoms with Crippen LogP contribution >= 0.6 is 0 Å². The maximum atomic E-state index is 11.5. The Morgan fingerprint density at radius 2 is 1.89 bits per heavy atom. The van der Waals surface area contributed by atoms with E-state index in [1.807, 2.05) is 24.3 Å². The predicted molar refractivity (Wildman–Crippen MR) is 106 cm³/mol. The van der Waals surface area contributed by atoms with Gasteiger partial charge < -0.3 is 19.9 Å². The summed E-state index contributed by atoms with van der Waals surface area (Å²) in [6, 6.07) is 11.7. The highest BCUT2D eigenvalue weighted by Crippen LogP contribution is 2.64. The second kappa shape index (κ2) is 6.43. The number of nitrogens with one attached hydrogen (secondary N) is 1. The van der Waals surface area contributed by atoms with Gasteiger partial charge in [-0.25, -0.2) is 4.79 Å². The highest BCUT2D eigenvalue weighted by Gasteiger charge is 2.54. The largest absolute Gasteiger partial charge is 0.493 e. The number of hydrogen-bond donors (Lipinski definition) is 2. The third-order valence-corrected chi connectivity index (χ3v) is 7.10. The molecule has 2 N–H and O–H groups in total. The summed E-state index contributed by atoms with van der Waals surface area (Å²) in [6.07, 6.45) is 3.73. The lowest BCUT2D eigenvalue weighted by atomic mass is 9.67. The van der Waals surface area contributed by atoms with Crippen molar-refractivity contribution < 1.29 is 19.4 Å². The average molecular weight is 379 g/mol. The molecule has 2 fully saturated rings. The smallest absolute Gasteiger partial charge is 0.335 e. The number of carboxylic acid groups (broad SMARTS) is 1. The van der Waals surface area contributed by atoms with Gasteiger partial charge in [-0.2, -0.15) is 0 Å². The molecule has 1 heterocycles. The van der Waals surface area contributed by atoms with Crippen LogP contribution in [0.15, 0.2) is 36.4 Å². The Balaban J connectivity index is 1.65. The van der Waals surface area contributed by atoms with Crippen molar-refractivity contribution in [2.24, 2.45) is 17.8 Å². The van der Waals surface area contributed by atoms with Crippen LogP contribution in [0, 0.1) is 17.8 Å². The number of methoxy groups -OCH3 is 2. The molecule has 5 nitrogen and oxygen atoms in total. The Labute approximate surface area is 164 Å². The summed E-state index contributed by atoms with van der Waals surface area (Å²) < 4.78 is 11.3. The number of hydrogen-bond acceptors (Lipinski definition) is 4. The lowest BCUT2D eigenvalue weighted by Gasteiger charge is -2.44. The second-order valence-corrected chi connectivity index (χ2v) is 8.25. The van der Waals surface area contributed by atoms with Crippen molar-refractivity contribution in [2.75, 3.05) is 19.5 Å².